The Morgan fingerprint density at radius 1 is 1.38 bits per heavy atom. The van der Waals surface area contributed by atoms with E-state index in [1.807, 2.05) is 6.07 Å². The molecule has 0 radical (unpaired) electrons. The summed E-state index contributed by atoms with van der Waals surface area (Å²) in [5, 5.41) is 0. The van der Waals surface area contributed by atoms with Crippen molar-refractivity contribution >= 4 is 11.4 Å². The maximum atomic E-state index is 4.21. The zero-order valence-electron chi connectivity index (χ0n) is 9.95. The molecule has 1 nitrogen and oxygen atoms in total. The highest BCUT2D eigenvalue weighted by atomic mass is 14.7. The molecule has 0 spiro atoms. The highest BCUT2D eigenvalue weighted by Gasteiger charge is 1.99. The normalized spacial score (nSPS) is 9.31. The second-order valence-corrected chi connectivity index (χ2v) is 3.69. The average Bonchev–Trinajstić information content (AvgIpc) is 2.35. The number of hydrogen-bond acceptors (Lipinski definition) is 1. The molecule has 0 saturated heterocycles. The van der Waals surface area contributed by atoms with Gasteiger partial charge in [-0.25, -0.2) is 4.99 Å². The molecule has 0 atom stereocenters. The van der Waals surface area contributed by atoms with Crippen molar-refractivity contribution < 1.29 is 0 Å². The Labute approximate surface area is 98.2 Å². The monoisotopic (exact) mass is 213 g/mol. The molecule has 84 valence electrons. The van der Waals surface area contributed by atoms with Crippen molar-refractivity contribution in [3.05, 3.63) is 48.6 Å². The summed E-state index contributed by atoms with van der Waals surface area (Å²) < 4.78 is 0. The van der Waals surface area contributed by atoms with Gasteiger partial charge in [-0.3, -0.25) is 0 Å². The third kappa shape index (κ3) is 4.29. The van der Waals surface area contributed by atoms with Gasteiger partial charge in [0.1, 0.15) is 0 Å². The number of nitrogens with zero attached hydrogens (tertiary/aromatic N) is 1. The van der Waals surface area contributed by atoms with E-state index in [0.29, 0.717) is 6.54 Å². The van der Waals surface area contributed by atoms with Crippen LogP contribution in [0.2, 0.25) is 0 Å². The van der Waals surface area contributed by atoms with E-state index in [-0.39, 0.29) is 0 Å². The van der Waals surface area contributed by atoms with Gasteiger partial charge < -0.3 is 0 Å². The van der Waals surface area contributed by atoms with Crippen LogP contribution < -0.4 is 0 Å². The van der Waals surface area contributed by atoms with E-state index in [9.17, 15) is 0 Å². The first-order chi connectivity index (χ1) is 7.88. The molecule has 0 bridgehead atoms. The lowest BCUT2D eigenvalue weighted by Crippen LogP contribution is -1.86. The summed E-state index contributed by atoms with van der Waals surface area (Å²) in [6.45, 7) is 6.49. The Hall–Kier alpha value is -1.59. The standard InChI is InChI=1S/C15H19N/c1-3-5-9-15(13-16-12-4-2)14-10-7-6-8-11-14/h4,6-8,10-11H,2-3,5,9,12H2,1H3. The van der Waals surface area contributed by atoms with Crippen molar-refractivity contribution in [2.75, 3.05) is 6.54 Å². The molecule has 0 aromatic heterocycles. The highest BCUT2D eigenvalue weighted by molar-refractivity contribution is 5.89. The van der Waals surface area contributed by atoms with E-state index in [1.54, 1.807) is 6.08 Å². The molecule has 1 aromatic rings. The lowest BCUT2D eigenvalue weighted by molar-refractivity contribution is 0.826. The SMILES string of the molecule is C=CCN=C=C(CCCC)c1ccccc1. The number of rotatable bonds is 6. The van der Waals surface area contributed by atoms with Crippen LogP contribution >= 0.6 is 0 Å². The number of aliphatic imine (C=N–C) groups is 1. The average molecular weight is 213 g/mol. The Morgan fingerprint density at radius 2 is 2.12 bits per heavy atom. The van der Waals surface area contributed by atoms with Crippen LogP contribution in [0.3, 0.4) is 0 Å². The summed E-state index contributed by atoms with van der Waals surface area (Å²) in [5.74, 6) is 3.14. The lowest BCUT2D eigenvalue weighted by atomic mass is 10.0. The Bertz CT molecular complexity index is 370. The van der Waals surface area contributed by atoms with Crippen molar-refractivity contribution in [2.45, 2.75) is 26.2 Å². The molecular formula is C15H19N. The smallest absolute Gasteiger partial charge is 0.0662 e. The molecule has 0 aliphatic carbocycles. The quantitative estimate of drug-likeness (QED) is 0.498. The van der Waals surface area contributed by atoms with Crippen molar-refractivity contribution in [1.82, 2.24) is 0 Å². The van der Waals surface area contributed by atoms with Gasteiger partial charge in [0.05, 0.1) is 6.54 Å². The highest BCUT2D eigenvalue weighted by Crippen LogP contribution is 2.17. The fraction of sp³-hybridized carbons (Fsp3) is 0.333. The summed E-state index contributed by atoms with van der Waals surface area (Å²) in [4.78, 5) is 4.21. The molecule has 1 aromatic carbocycles. The van der Waals surface area contributed by atoms with Crippen molar-refractivity contribution in [1.29, 1.82) is 0 Å². The van der Waals surface area contributed by atoms with Gasteiger partial charge in [0, 0.05) is 5.57 Å². The first-order valence-electron chi connectivity index (χ1n) is 5.83. The first-order valence-corrected chi connectivity index (χ1v) is 5.83. The number of hydrogen-bond donors (Lipinski definition) is 0. The molecule has 1 heteroatoms. The lowest BCUT2D eigenvalue weighted by Gasteiger charge is -2.02. The van der Waals surface area contributed by atoms with E-state index in [1.165, 1.54) is 24.0 Å². The second-order valence-electron chi connectivity index (χ2n) is 3.69. The van der Waals surface area contributed by atoms with Crippen LogP contribution in [0.1, 0.15) is 31.7 Å². The Kier molecular flexibility index (Phi) is 5.98. The molecular weight excluding hydrogens is 194 g/mol. The van der Waals surface area contributed by atoms with Gasteiger partial charge >= 0.3 is 0 Å². The molecule has 0 aliphatic heterocycles. The number of allylic oxidation sites excluding steroid dienone is 1. The predicted octanol–water partition coefficient (Wildman–Crippen LogP) is 4.12. The van der Waals surface area contributed by atoms with E-state index >= 15 is 0 Å². The van der Waals surface area contributed by atoms with E-state index in [0.717, 1.165) is 6.42 Å². The third-order valence-corrected chi connectivity index (χ3v) is 2.34. The van der Waals surface area contributed by atoms with E-state index in [4.69, 9.17) is 0 Å². The maximum absolute atomic E-state index is 4.21. The first kappa shape index (κ1) is 12.5. The summed E-state index contributed by atoms with van der Waals surface area (Å²) in [7, 11) is 0. The van der Waals surface area contributed by atoms with Crippen LogP contribution in [0.5, 0.6) is 0 Å². The van der Waals surface area contributed by atoms with Gasteiger partial charge in [-0.2, -0.15) is 0 Å². The van der Waals surface area contributed by atoms with Gasteiger partial charge in [0.15, 0.2) is 0 Å². The predicted molar refractivity (Wildman–Crippen MR) is 71.9 cm³/mol. The molecule has 0 unspecified atom stereocenters. The van der Waals surface area contributed by atoms with Crippen LogP contribution in [0.15, 0.2) is 48.0 Å². The van der Waals surface area contributed by atoms with E-state index < -0.39 is 0 Å². The van der Waals surface area contributed by atoms with Crippen molar-refractivity contribution in [2.24, 2.45) is 4.99 Å². The van der Waals surface area contributed by atoms with Crippen molar-refractivity contribution in [3.63, 3.8) is 0 Å². The van der Waals surface area contributed by atoms with Crippen LogP contribution in [-0.4, -0.2) is 12.4 Å². The summed E-state index contributed by atoms with van der Waals surface area (Å²) in [6, 6.07) is 10.4. The minimum atomic E-state index is 0.641. The maximum Gasteiger partial charge on any atom is 0.0662 e. The van der Waals surface area contributed by atoms with Crippen LogP contribution in [0.25, 0.3) is 5.57 Å². The molecule has 0 saturated carbocycles. The van der Waals surface area contributed by atoms with Crippen LogP contribution in [0.4, 0.5) is 0 Å². The molecule has 0 aliphatic rings. The number of benzene rings is 1. The van der Waals surface area contributed by atoms with E-state index in [2.05, 4.69) is 48.6 Å². The zero-order chi connectivity index (χ0) is 11.6. The van der Waals surface area contributed by atoms with Gasteiger partial charge in [-0.1, -0.05) is 49.8 Å². The Morgan fingerprint density at radius 3 is 2.75 bits per heavy atom. The zero-order valence-corrected chi connectivity index (χ0v) is 9.95. The van der Waals surface area contributed by atoms with Gasteiger partial charge in [0.25, 0.3) is 0 Å². The minimum Gasteiger partial charge on any atom is -0.239 e. The topological polar surface area (TPSA) is 12.4 Å². The fourth-order valence-corrected chi connectivity index (χ4v) is 1.46. The van der Waals surface area contributed by atoms with Crippen LogP contribution in [-0.2, 0) is 0 Å². The molecule has 0 amide bonds. The summed E-state index contributed by atoms with van der Waals surface area (Å²) in [5.41, 5.74) is 2.42. The fourth-order valence-electron chi connectivity index (χ4n) is 1.46. The number of unbranched alkanes of at least 4 members (excludes halogenated alkanes) is 1. The third-order valence-electron chi connectivity index (χ3n) is 2.34. The molecule has 0 N–H and O–H groups in total. The summed E-state index contributed by atoms with van der Waals surface area (Å²) >= 11 is 0. The van der Waals surface area contributed by atoms with Gasteiger partial charge in [-0.15, -0.1) is 6.58 Å². The minimum absolute atomic E-state index is 0.641. The summed E-state index contributed by atoms with van der Waals surface area (Å²) in [6.07, 6.45) is 5.21. The van der Waals surface area contributed by atoms with Crippen molar-refractivity contribution in [3.8, 4) is 0 Å². The molecule has 0 fully saturated rings. The molecule has 1 rings (SSSR count). The molecule has 0 heterocycles. The largest absolute Gasteiger partial charge is 0.239 e. The molecule has 16 heavy (non-hydrogen) atoms. The van der Waals surface area contributed by atoms with Crippen LogP contribution in [0, 0.1) is 0 Å². The van der Waals surface area contributed by atoms with Gasteiger partial charge in [-0.05, 0) is 24.3 Å². The second kappa shape index (κ2) is 7.67. The van der Waals surface area contributed by atoms with Gasteiger partial charge in [0.2, 0.25) is 0 Å². The Balaban J connectivity index is 2.87.